The van der Waals surface area contributed by atoms with Gasteiger partial charge in [-0.25, -0.2) is 0 Å². The smallest absolute Gasteiger partial charge is 0.307 e. The Balaban J connectivity index is 2.29. The molecule has 17 heavy (non-hydrogen) atoms. The molecule has 86 valence electrons. The maximum Gasteiger partial charge on any atom is 0.307 e. The number of carbonyl (C=O) groups is 1. The molecule has 1 aromatic heterocycles. The molecule has 0 aliphatic rings. The SMILES string of the molecule is Cc1ccc2cc(C=CCC(=O)O)ccc2n1. The molecular formula is C14H13NO2. The third-order valence-corrected chi connectivity index (χ3v) is 2.46. The Morgan fingerprint density at radius 2 is 2.18 bits per heavy atom. The van der Waals surface area contributed by atoms with Crippen molar-refractivity contribution in [2.45, 2.75) is 13.3 Å². The average Bonchev–Trinajstić information content (AvgIpc) is 2.29. The zero-order valence-electron chi connectivity index (χ0n) is 9.55. The van der Waals surface area contributed by atoms with Gasteiger partial charge in [-0.1, -0.05) is 24.3 Å². The molecule has 0 bridgehead atoms. The molecule has 0 atom stereocenters. The Kier molecular flexibility index (Phi) is 3.19. The van der Waals surface area contributed by atoms with Crippen LogP contribution in [0.4, 0.5) is 0 Å². The van der Waals surface area contributed by atoms with E-state index in [0.717, 1.165) is 22.2 Å². The molecule has 2 rings (SSSR count). The number of rotatable bonds is 3. The van der Waals surface area contributed by atoms with Crippen molar-refractivity contribution in [3.63, 3.8) is 0 Å². The number of pyridine rings is 1. The Morgan fingerprint density at radius 3 is 2.94 bits per heavy atom. The summed E-state index contributed by atoms with van der Waals surface area (Å²) < 4.78 is 0. The van der Waals surface area contributed by atoms with Gasteiger partial charge in [0.05, 0.1) is 11.9 Å². The van der Waals surface area contributed by atoms with E-state index >= 15 is 0 Å². The van der Waals surface area contributed by atoms with Crippen molar-refractivity contribution in [2.75, 3.05) is 0 Å². The second-order valence-corrected chi connectivity index (χ2v) is 3.91. The molecule has 0 aliphatic carbocycles. The van der Waals surface area contributed by atoms with Crippen LogP contribution in [0.2, 0.25) is 0 Å². The minimum absolute atomic E-state index is 0.0458. The lowest BCUT2D eigenvalue weighted by Gasteiger charge is -2.00. The number of nitrogens with zero attached hydrogens (tertiary/aromatic N) is 1. The third-order valence-electron chi connectivity index (χ3n) is 2.46. The summed E-state index contributed by atoms with van der Waals surface area (Å²) in [7, 11) is 0. The van der Waals surface area contributed by atoms with E-state index in [1.807, 2.05) is 43.3 Å². The highest BCUT2D eigenvalue weighted by Gasteiger charge is 1.96. The second kappa shape index (κ2) is 4.78. The summed E-state index contributed by atoms with van der Waals surface area (Å²) in [6.45, 7) is 1.96. The van der Waals surface area contributed by atoms with Crippen LogP contribution in [0.15, 0.2) is 36.4 Å². The molecule has 3 nitrogen and oxygen atoms in total. The van der Waals surface area contributed by atoms with Crippen LogP contribution in [0.1, 0.15) is 17.7 Å². The topological polar surface area (TPSA) is 50.2 Å². The van der Waals surface area contributed by atoms with E-state index in [1.54, 1.807) is 6.08 Å². The van der Waals surface area contributed by atoms with Crippen molar-refractivity contribution < 1.29 is 9.90 Å². The van der Waals surface area contributed by atoms with Crippen LogP contribution in [0.25, 0.3) is 17.0 Å². The van der Waals surface area contributed by atoms with Gasteiger partial charge in [0.25, 0.3) is 0 Å². The fraction of sp³-hybridized carbons (Fsp3) is 0.143. The van der Waals surface area contributed by atoms with Gasteiger partial charge < -0.3 is 5.11 Å². The molecule has 0 amide bonds. The Hall–Kier alpha value is -2.16. The minimum atomic E-state index is -0.820. The third kappa shape index (κ3) is 2.91. The minimum Gasteiger partial charge on any atom is -0.481 e. The summed E-state index contributed by atoms with van der Waals surface area (Å²) in [6, 6.07) is 9.87. The van der Waals surface area contributed by atoms with E-state index in [1.165, 1.54) is 0 Å². The van der Waals surface area contributed by atoms with Crippen LogP contribution in [-0.4, -0.2) is 16.1 Å². The maximum absolute atomic E-state index is 10.4. The number of hydrogen-bond acceptors (Lipinski definition) is 2. The van der Waals surface area contributed by atoms with Crippen molar-refractivity contribution in [1.29, 1.82) is 0 Å². The lowest BCUT2D eigenvalue weighted by molar-refractivity contribution is -0.135. The first-order chi connectivity index (χ1) is 8.15. The predicted octanol–water partition coefficient (Wildman–Crippen LogP) is 3.03. The standard InChI is InChI=1S/C14H13NO2/c1-10-5-7-12-9-11(3-2-4-14(16)17)6-8-13(12)15-10/h2-3,5-9H,4H2,1H3,(H,16,17). The van der Waals surface area contributed by atoms with Crippen LogP contribution in [0.3, 0.4) is 0 Å². The number of aryl methyl sites for hydroxylation is 1. The zero-order valence-corrected chi connectivity index (χ0v) is 9.55. The van der Waals surface area contributed by atoms with Crippen molar-refractivity contribution >= 4 is 22.9 Å². The number of aromatic nitrogens is 1. The summed E-state index contributed by atoms with van der Waals surface area (Å²) in [5, 5.41) is 9.60. The molecule has 0 spiro atoms. The molecule has 0 aliphatic heterocycles. The van der Waals surface area contributed by atoms with Crippen molar-refractivity contribution in [1.82, 2.24) is 4.98 Å². The molecule has 1 N–H and O–H groups in total. The van der Waals surface area contributed by atoms with E-state index in [4.69, 9.17) is 5.11 Å². The fourth-order valence-corrected chi connectivity index (χ4v) is 1.65. The van der Waals surface area contributed by atoms with Gasteiger partial charge in [-0.15, -0.1) is 0 Å². The van der Waals surface area contributed by atoms with Crippen molar-refractivity contribution in [2.24, 2.45) is 0 Å². The van der Waals surface area contributed by atoms with E-state index in [9.17, 15) is 4.79 Å². The molecule has 1 aromatic carbocycles. The summed E-state index contributed by atoms with van der Waals surface area (Å²) in [6.07, 6.45) is 3.50. The molecular weight excluding hydrogens is 214 g/mol. The van der Waals surface area contributed by atoms with Crippen LogP contribution in [-0.2, 0) is 4.79 Å². The first kappa shape index (κ1) is 11.3. The van der Waals surface area contributed by atoms with E-state index < -0.39 is 5.97 Å². The average molecular weight is 227 g/mol. The van der Waals surface area contributed by atoms with Crippen molar-refractivity contribution in [3.05, 3.63) is 47.7 Å². The molecule has 2 aromatic rings. The number of aliphatic carboxylic acids is 1. The number of hydrogen-bond donors (Lipinski definition) is 1. The highest BCUT2D eigenvalue weighted by Crippen LogP contribution is 2.15. The summed E-state index contributed by atoms with van der Waals surface area (Å²) in [4.78, 5) is 14.8. The van der Waals surface area contributed by atoms with E-state index in [-0.39, 0.29) is 6.42 Å². The van der Waals surface area contributed by atoms with Crippen LogP contribution >= 0.6 is 0 Å². The van der Waals surface area contributed by atoms with Crippen LogP contribution in [0, 0.1) is 6.92 Å². The molecule has 1 heterocycles. The van der Waals surface area contributed by atoms with Gasteiger partial charge in [-0.05, 0) is 30.7 Å². The lowest BCUT2D eigenvalue weighted by Crippen LogP contribution is -1.89. The van der Waals surface area contributed by atoms with Crippen LogP contribution < -0.4 is 0 Å². The normalized spacial score (nSPS) is 11.1. The van der Waals surface area contributed by atoms with Gasteiger partial charge >= 0.3 is 5.97 Å². The number of benzene rings is 1. The monoisotopic (exact) mass is 227 g/mol. The molecule has 3 heteroatoms. The Morgan fingerprint density at radius 1 is 1.35 bits per heavy atom. The van der Waals surface area contributed by atoms with Crippen LogP contribution in [0.5, 0.6) is 0 Å². The molecule has 0 unspecified atom stereocenters. The van der Waals surface area contributed by atoms with Gasteiger partial charge in [-0.3, -0.25) is 9.78 Å². The largest absolute Gasteiger partial charge is 0.481 e. The molecule has 0 saturated carbocycles. The second-order valence-electron chi connectivity index (χ2n) is 3.91. The first-order valence-electron chi connectivity index (χ1n) is 5.41. The molecule has 0 radical (unpaired) electrons. The molecule has 0 saturated heterocycles. The Labute approximate surface area is 99.4 Å². The van der Waals surface area contributed by atoms with E-state index in [0.29, 0.717) is 0 Å². The number of carboxylic acids is 1. The summed E-state index contributed by atoms with van der Waals surface area (Å²) >= 11 is 0. The molecule has 0 fully saturated rings. The summed E-state index contributed by atoms with van der Waals surface area (Å²) in [5.41, 5.74) is 2.94. The first-order valence-corrected chi connectivity index (χ1v) is 5.41. The summed E-state index contributed by atoms with van der Waals surface area (Å²) in [5.74, 6) is -0.820. The number of fused-ring (bicyclic) bond motifs is 1. The van der Waals surface area contributed by atoms with Gasteiger partial charge in [0, 0.05) is 11.1 Å². The highest BCUT2D eigenvalue weighted by molar-refractivity contribution is 5.81. The van der Waals surface area contributed by atoms with Gasteiger partial charge in [0.15, 0.2) is 0 Å². The van der Waals surface area contributed by atoms with Gasteiger partial charge in [0.2, 0.25) is 0 Å². The zero-order chi connectivity index (χ0) is 12.3. The quantitative estimate of drug-likeness (QED) is 0.876. The maximum atomic E-state index is 10.4. The van der Waals surface area contributed by atoms with Crippen molar-refractivity contribution in [3.8, 4) is 0 Å². The highest BCUT2D eigenvalue weighted by atomic mass is 16.4. The van der Waals surface area contributed by atoms with E-state index in [2.05, 4.69) is 4.98 Å². The Bertz CT molecular complexity index is 588. The number of carboxylic acid groups (broad SMARTS) is 1. The predicted molar refractivity (Wildman–Crippen MR) is 67.8 cm³/mol. The van der Waals surface area contributed by atoms with Gasteiger partial charge in [0.1, 0.15) is 0 Å². The fourth-order valence-electron chi connectivity index (χ4n) is 1.65. The lowest BCUT2D eigenvalue weighted by atomic mass is 10.1. The van der Waals surface area contributed by atoms with Gasteiger partial charge in [-0.2, -0.15) is 0 Å².